The molecule has 0 aliphatic heterocycles. The van der Waals surface area contributed by atoms with Crippen LogP contribution >= 0.6 is 38.9 Å². The molecule has 0 saturated carbocycles. The molecule has 7 heteroatoms. The van der Waals surface area contributed by atoms with Crippen molar-refractivity contribution in [3.63, 3.8) is 0 Å². The van der Waals surface area contributed by atoms with Crippen molar-refractivity contribution >= 4 is 50.4 Å². The molecule has 2 rings (SSSR count). The van der Waals surface area contributed by atoms with Gasteiger partial charge in [-0.3, -0.25) is 0 Å². The number of hydrogen-bond acceptors (Lipinski definition) is 5. The van der Waals surface area contributed by atoms with Crippen LogP contribution in [0.4, 0.5) is 11.5 Å². The van der Waals surface area contributed by atoms with E-state index in [1.54, 1.807) is 18.3 Å². The van der Waals surface area contributed by atoms with Crippen molar-refractivity contribution in [2.24, 2.45) is 0 Å². The number of rotatable bonds is 3. The van der Waals surface area contributed by atoms with Crippen LogP contribution in [0, 0.1) is 6.92 Å². The fourth-order valence-corrected chi connectivity index (χ4v) is 2.94. The molecule has 2 heterocycles. The highest BCUT2D eigenvalue weighted by molar-refractivity contribution is 9.10. The summed E-state index contributed by atoms with van der Waals surface area (Å²) in [5.41, 5.74) is 7.08. The summed E-state index contributed by atoms with van der Waals surface area (Å²) in [5, 5.41) is 5.37. The monoisotopic (exact) mass is 332 g/mol. The molecule has 0 bridgehead atoms. The maximum atomic E-state index is 5.87. The second-order valence-electron chi connectivity index (χ2n) is 3.39. The number of nitrogens with two attached hydrogens (primary N) is 1. The fourth-order valence-electron chi connectivity index (χ4n) is 1.30. The molecule has 0 amide bonds. The summed E-state index contributed by atoms with van der Waals surface area (Å²) in [6.07, 6.45) is 0. The van der Waals surface area contributed by atoms with Gasteiger partial charge in [-0.15, -0.1) is 11.3 Å². The quantitative estimate of drug-likeness (QED) is 0.844. The van der Waals surface area contributed by atoms with Crippen molar-refractivity contribution in [3.05, 3.63) is 31.8 Å². The van der Waals surface area contributed by atoms with Crippen molar-refractivity contribution in [3.8, 4) is 0 Å². The van der Waals surface area contributed by atoms with E-state index in [9.17, 15) is 0 Å². The number of thiophene rings is 1. The van der Waals surface area contributed by atoms with Gasteiger partial charge in [-0.05, 0) is 45.9 Å². The van der Waals surface area contributed by atoms with Gasteiger partial charge in [-0.1, -0.05) is 0 Å². The van der Waals surface area contributed by atoms with Gasteiger partial charge in [0.05, 0.1) is 17.9 Å². The standard InChI is InChI=1S/C10H10BrClN4S/c1-5-8(13)9(16-10(12)15-5)14-4-7-6(11)2-3-17-7/h2-3H,4,13H2,1H3,(H,14,15,16). The van der Waals surface area contributed by atoms with E-state index in [2.05, 4.69) is 31.2 Å². The predicted octanol–water partition coefficient (Wildman–Crippen LogP) is 3.46. The first-order valence-corrected chi connectivity index (χ1v) is 6.88. The Hall–Kier alpha value is -0.850. The average Bonchev–Trinajstić information content (AvgIpc) is 2.67. The van der Waals surface area contributed by atoms with Crippen molar-refractivity contribution in [2.75, 3.05) is 11.1 Å². The van der Waals surface area contributed by atoms with Gasteiger partial charge >= 0.3 is 0 Å². The molecule has 0 saturated heterocycles. The third kappa shape index (κ3) is 2.88. The Morgan fingerprint density at radius 1 is 1.53 bits per heavy atom. The second-order valence-corrected chi connectivity index (χ2v) is 5.58. The van der Waals surface area contributed by atoms with Gasteiger partial charge in [-0.2, -0.15) is 4.98 Å². The first-order valence-electron chi connectivity index (χ1n) is 4.83. The minimum Gasteiger partial charge on any atom is -0.394 e. The Kier molecular flexibility index (Phi) is 3.86. The van der Waals surface area contributed by atoms with Crippen LogP contribution in [0.25, 0.3) is 0 Å². The summed E-state index contributed by atoms with van der Waals surface area (Å²) in [4.78, 5) is 9.23. The molecule has 0 radical (unpaired) electrons. The zero-order valence-electron chi connectivity index (χ0n) is 9.00. The van der Waals surface area contributed by atoms with E-state index in [1.165, 1.54) is 4.88 Å². The molecule has 17 heavy (non-hydrogen) atoms. The molecule has 0 atom stereocenters. The van der Waals surface area contributed by atoms with Gasteiger partial charge < -0.3 is 11.1 Å². The summed E-state index contributed by atoms with van der Waals surface area (Å²) < 4.78 is 1.07. The fraction of sp³-hybridized carbons (Fsp3) is 0.200. The lowest BCUT2D eigenvalue weighted by atomic mass is 10.3. The zero-order chi connectivity index (χ0) is 12.4. The SMILES string of the molecule is Cc1nc(Cl)nc(NCc2sccc2Br)c1N. The maximum absolute atomic E-state index is 5.87. The Balaban J connectivity index is 2.17. The first-order chi connectivity index (χ1) is 8.08. The third-order valence-electron chi connectivity index (χ3n) is 2.22. The second kappa shape index (κ2) is 5.20. The molecule has 2 aromatic heterocycles. The van der Waals surface area contributed by atoms with Crippen molar-refractivity contribution in [2.45, 2.75) is 13.5 Å². The number of nitrogens with one attached hydrogen (secondary N) is 1. The van der Waals surface area contributed by atoms with Crippen LogP contribution in [0.3, 0.4) is 0 Å². The Morgan fingerprint density at radius 3 is 2.94 bits per heavy atom. The van der Waals surface area contributed by atoms with Crippen LogP contribution in [0.1, 0.15) is 10.6 Å². The van der Waals surface area contributed by atoms with Gasteiger partial charge in [0.2, 0.25) is 5.28 Å². The highest BCUT2D eigenvalue weighted by Gasteiger charge is 2.08. The molecule has 0 aromatic carbocycles. The number of aromatic nitrogens is 2. The van der Waals surface area contributed by atoms with Gasteiger partial charge in [0.1, 0.15) is 0 Å². The smallest absolute Gasteiger partial charge is 0.224 e. The predicted molar refractivity (Wildman–Crippen MR) is 75.5 cm³/mol. The Labute approximate surface area is 116 Å². The number of nitrogen functional groups attached to an aromatic ring is 1. The molecular formula is C10H10BrClN4S. The van der Waals surface area contributed by atoms with Crippen LogP contribution < -0.4 is 11.1 Å². The first kappa shape index (κ1) is 12.6. The third-order valence-corrected chi connectivity index (χ3v) is 4.31. The number of aryl methyl sites for hydroxylation is 1. The number of halogens is 2. The number of anilines is 2. The largest absolute Gasteiger partial charge is 0.394 e. The van der Waals surface area contributed by atoms with E-state index >= 15 is 0 Å². The lowest BCUT2D eigenvalue weighted by molar-refractivity contribution is 1.07. The van der Waals surface area contributed by atoms with Gasteiger partial charge in [-0.25, -0.2) is 4.98 Å². The average molecular weight is 334 g/mol. The molecule has 3 N–H and O–H groups in total. The minimum absolute atomic E-state index is 0.199. The summed E-state index contributed by atoms with van der Waals surface area (Å²) in [6.45, 7) is 2.45. The van der Waals surface area contributed by atoms with E-state index in [-0.39, 0.29) is 5.28 Å². The molecule has 2 aromatic rings. The molecule has 0 aliphatic rings. The topological polar surface area (TPSA) is 63.8 Å². The summed E-state index contributed by atoms with van der Waals surface area (Å²) in [5.74, 6) is 0.572. The molecule has 0 spiro atoms. The lowest BCUT2D eigenvalue weighted by Crippen LogP contribution is -2.07. The Bertz CT molecular complexity index is 543. The molecule has 4 nitrogen and oxygen atoms in total. The van der Waals surface area contributed by atoms with E-state index in [0.29, 0.717) is 23.7 Å². The molecule has 90 valence electrons. The van der Waals surface area contributed by atoms with Crippen molar-refractivity contribution in [1.82, 2.24) is 9.97 Å². The molecule has 0 aliphatic carbocycles. The molecule has 0 fully saturated rings. The normalized spacial score (nSPS) is 10.5. The molecule has 0 unspecified atom stereocenters. The highest BCUT2D eigenvalue weighted by atomic mass is 79.9. The van der Waals surface area contributed by atoms with E-state index in [1.807, 2.05) is 11.4 Å². The van der Waals surface area contributed by atoms with Crippen molar-refractivity contribution in [1.29, 1.82) is 0 Å². The van der Waals surface area contributed by atoms with E-state index < -0.39 is 0 Å². The van der Waals surface area contributed by atoms with Gasteiger partial charge in [0.25, 0.3) is 0 Å². The summed E-state index contributed by atoms with van der Waals surface area (Å²) in [7, 11) is 0. The van der Waals surface area contributed by atoms with E-state index in [0.717, 1.165) is 4.47 Å². The summed E-state index contributed by atoms with van der Waals surface area (Å²) >= 11 is 10.9. The minimum atomic E-state index is 0.199. The van der Waals surface area contributed by atoms with Crippen LogP contribution in [-0.4, -0.2) is 9.97 Å². The summed E-state index contributed by atoms with van der Waals surface area (Å²) in [6, 6.07) is 2.00. The highest BCUT2D eigenvalue weighted by Crippen LogP contribution is 2.25. The van der Waals surface area contributed by atoms with Crippen molar-refractivity contribution < 1.29 is 0 Å². The van der Waals surface area contributed by atoms with Gasteiger partial charge in [0.15, 0.2) is 5.82 Å². The maximum Gasteiger partial charge on any atom is 0.224 e. The van der Waals surface area contributed by atoms with Crippen LogP contribution in [0.15, 0.2) is 15.9 Å². The Morgan fingerprint density at radius 2 is 2.29 bits per heavy atom. The lowest BCUT2D eigenvalue weighted by Gasteiger charge is -2.09. The molecular weight excluding hydrogens is 324 g/mol. The number of hydrogen-bond donors (Lipinski definition) is 2. The van der Waals surface area contributed by atoms with Gasteiger partial charge in [0, 0.05) is 9.35 Å². The number of nitrogens with zero attached hydrogens (tertiary/aromatic N) is 2. The van der Waals surface area contributed by atoms with Crippen LogP contribution in [-0.2, 0) is 6.54 Å². The zero-order valence-corrected chi connectivity index (χ0v) is 12.2. The van der Waals surface area contributed by atoms with Crippen LogP contribution in [0.2, 0.25) is 5.28 Å². The van der Waals surface area contributed by atoms with E-state index in [4.69, 9.17) is 17.3 Å². The van der Waals surface area contributed by atoms with Crippen LogP contribution in [0.5, 0.6) is 0 Å².